The van der Waals surface area contributed by atoms with Crippen LogP contribution in [0.15, 0.2) is 6.07 Å². The van der Waals surface area contributed by atoms with Crippen molar-refractivity contribution in [2.45, 2.75) is 33.1 Å². The Bertz CT molecular complexity index is 363. The third kappa shape index (κ3) is 2.89. The van der Waals surface area contributed by atoms with Gasteiger partial charge in [0.25, 0.3) is 0 Å². The van der Waals surface area contributed by atoms with E-state index in [4.69, 9.17) is 22.1 Å². The highest BCUT2D eigenvalue weighted by Gasteiger charge is 2.12. The van der Waals surface area contributed by atoms with Gasteiger partial charge in [-0.2, -0.15) is 0 Å². The Morgan fingerprint density at radius 3 is 2.56 bits per heavy atom. The van der Waals surface area contributed by atoms with Gasteiger partial charge < -0.3 is 10.5 Å². The SMILES string of the molecule is COc1c(C)cc(Cl)c(C)c1CCCCN. The van der Waals surface area contributed by atoms with Crippen LogP contribution in [-0.2, 0) is 6.42 Å². The van der Waals surface area contributed by atoms with Crippen molar-refractivity contribution in [1.82, 2.24) is 0 Å². The quantitative estimate of drug-likeness (QED) is 0.804. The fourth-order valence-corrected chi connectivity index (χ4v) is 2.23. The molecule has 0 bridgehead atoms. The minimum atomic E-state index is 0.737. The van der Waals surface area contributed by atoms with Gasteiger partial charge in [0, 0.05) is 5.02 Å². The van der Waals surface area contributed by atoms with E-state index in [0.29, 0.717) is 0 Å². The van der Waals surface area contributed by atoms with Crippen LogP contribution in [0.3, 0.4) is 0 Å². The fourth-order valence-electron chi connectivity index (χ4n) is 1.95. The molecule has 16 heavy (non-hydrogen) atoms. The van der Waals surface area contributed by atoms with Crippen molar-refractivity contribution in [3.8, 4) is 5.75 Å². The van der Waals surface area contributed by atoms with Gasteiger partial charge in [-0.25, -0.2) is 0 Å². The Labute approximate surface area is 103 Å². The Morgan fingerprint density at radius 2 is 2.00 bits per heavy atom. The molecule has 0 saturated carbocycles. The normalized spacial score (nSPS) is 10.6. The van der Waals surface area contributed by atoms with Crippen LogP contribution in [0, 0.1) is 13.8 Å². The van der Waals surface area contributed by atoms with Gasteiger partial charge in [0.1, 0.15) is 5.75 Å². The van der Waals surface area contributed by atoms with Gasteiger partial charge >= 0.3 is 0 Å². The first kappa shape index (κ1) is 13.3. The molecule has 1 aromatic carbocycles. The van der Waals surface area contributed by atoms with Gasteiger partial charge in [-0.05, 0) is 62.4 Å². The molecule has 1 rings (SSSR count). The van der Waals surface area contributed by atoms with E-state index in [0.717, 1.165) is 47.7 Å². The smallest absolute Gasteiger partial charge is 0.125 e. The van der Waals surface area contributed by atoms with Crippen molar-refractivity contribution in [2.75, 3.05) is 13.7 Å². The summed E-state index contributed by atoms with van der Waals surface area (Å²) in [6.45, 7) is 4.81. The third-order valence-electron chi connectivity index (χ3n) is 2.87. The van der Waals surface area contributed by atoms with Crippen molar-refractivity contribution < 1.29 is 4.74 Å². The molecular formula is C13H20ClNO. The largest absolute Gasteiger partial charge is 0.496 e. The lowest BCUT2D eigenvalue weighted by molar-refractivity contribution is 0.405. The van der Waals surface area contributed by atoms with Crippen molar-refractivity contribution in [2.24, 2.45) is 5.73 Å². The second kappa shape index (κ2) is 6.12. The Kier molecular flexibility index (Phi) is 5.10. The van der Waals surface area contributed by atoms with Gasteiger partial charge in [-0.1, -0.05) is 11.6 Å². The number of hydrogen-bond acceptors (Lipinski definition) is 2. The molecule has 0 saturated heterocycles. The summed E-state index contributed by atoms with van der Waals surface area (Å²) in [6, 6.07) is 1.96. The maximum absolute atomic E-state index is 6.18. The number of unbranched alkanes of at least 4 members (excludes halogenated alkanes) is 1. The van der Waals surface area contributed by atoms with E-state index in [1.807, 2.05) is 19.9 Å². The van der Waals surface area contributed by atoms with E-state index in [1.54, 1.807) is 7.11 Å². The van der Waals surface area contributed by atoms with Gasteiger partial charge in [-0.3, -0.25) is 0 Å². The average molecular weight is 242 g/mol. The predicted octanol–water partition coefficient (Wildman–Crippen LogP) is 3.25. The lowest BCUT2D eigenvalue weighted by Gasteiger charge is -2.15. The molecule has 0 fully saturated rings. The van der Waals surface area contributed by atoms with Gasteiger partial charge in [-0.15, -0.1) is 0 Å². The molecule has 0 radical (unpaired) electrons. The summed E-state index contributed by atoms with van der Waals surface area (Å²) in [5, 5.41) is 0.820. The summed E-state index contributed by atoms with van der Waals surface area (Å²) in [5.41, 5.74) is 8.95. The van der Waals surface area contributed by atoms with Crippen LogP contribution in [0.1, 0.15) is 29.5 Å². The molecule has 0 aliphatic carbocycles. The highest BCUT2D eigenvalue weighted by Crippen LogP contribution is 2.32. The van der Waals surface area contributed by atoms with Gasteiger partial charge in [0.05, 0.1) is 7.11 Å². The second-order valence-electron chi connectivity index (χ2n) is 4.06. The summed E-state index contributed by atoms with van der Waals surface area (Å²) in [6.07, 6.45) is 3.09. The molecular weight excluding hydrogens is 222 g/mol. The van der Waals surface area contributed by atoms with Crippen molar-refractivity contribution in [1.29, 1.82) is 0 Å². The highest BCUT2D eigenvalue weighted by molar-refractivity contribution is 6.31. The zero-order valence-corrected chi connectivity index (χ0v) is 11.0. The Hall–Kier alpha value is -0.730. The summed E-state index contributed by atoms with van der Waals surface area (Å²) in [7, 11) is 1.71. The zero-order valence-electron chi connectivity index (χ0n) is 10.3. The number of nitrogens with two attached hydrogens (primary N) is 1. The summed E-state index contributed by atoms with van der Waals surface area (Å²) in [4.78, 5) is 0. The van der Waals surface area contributed by atoms with Crippen molar-refractivity contribution >= 4 is 11.6 Å². The van der Waals surface area contributed by atoms with E-state index < -0.39 is 0 Å². The molecule has 0 unspecified atom stereocenters. The second-order valence-corrected chi connectivity index (χ2v) is 4.47. The molecule has 2 N–H and O–H groups in total. The van der Waals surface area contributed by atoms with Crippen LogP contribution in [0.4, 0.5) is 0 Å². The third-order valence-corrected chi connectivity index (χ3v) is 3.26. The summed E-state index contributed by atoms with van der Waals surface area (Å²) >= 11 is 6.18. The van der Waals surface area contributed by atoms with Crippen molar-refractivity contribution in [3.05, 3.63) is 27.8 Å². The number of methoxy groups -OCH3 is 1. The minimum Gasteiger partial charge on any atom is -0.496 e. The monoisotopic (exact) mass is 241 g/mol. The first-order valence-corrected chi connectivity index (χ1v) is 6.02. The van der Waals surface area contributed by atoms with Crippen LogP contribution >= 0.6 is 11.6 Å². The Morgan fingerprint density at radius 1 is 1.31 bits per heavy atom. The van der Waals surface area contributed by atoms with Crippen LogP contribution in [0.5, 0.6) is 5.75 Å². The summed E-state index contributed by atoms with van der Waals surface area (Å²) < 4.78 is 5.45. The lowest BCUT2D eigenvalue weighted by atomic mass is 9.98. The molecule has 0 aliphatic rings. The maximum atomic E-state index is 6.18. The standard InChI is InChI=1S/C13H20ClNO/c1-9-8-12(14)10(2)11(13(9)16-3)6-4-5-7-15/h8H,4-7,15H2,1-3H3. The van der Waals surface area contributed by atoms with E-state index in [1.165, 1.54) is 5.56 Å². The number of ether oxygens (including phenoxy) is 1. The molecule has 3 heteroatoms. The Balaban J connectivity index is 3.02. The first-order chi connectivity index (χ1) is 7.61. The summed E-state index contributed by atoms with van der Waals surface area (Å²) in [5.74, 6) is 0.971. The highest BCUT2D eigenvalue weighted by atomic mass is 35.5. The molecule has 0 aliphatic heterocycles. The van der Waals surface area contributed by atoms with Crippen LogP contribution in [0.25, 0.3) is 0 Å². The average Bonchev–Trinajstić information content (AvgIpc) is 2.25. The molecule has 0 amide bonds. The van der Waals surface area contributed by atoms with E-state index >= 15 is 0 Å². The van der Waals surface area contributed by atoms with Crippen molar-refractivity contribution in [3.63, 3.8) is 0 Å². The maximum Gasteiger partial charge on any atom is 0.125 e. The zero-order chi connectivity index (χ0) is 12.1. The fraction of sp³-hybridized carbons (Fsp3) is 0.538. The number of benzene rings is 1. The topological polar surface area (TPSA) is 35.2 Å². The van der Waals surface area contributed by atoms with Crippen LogP contribution < -0.4 is 10.5 Å². The molecule has 0 spiro atoms. The molecule has 90 valence electrons. The molecule has 0 heterocycles. The number of hydrogen-bond donors (Lipinski definition) is 1. The van der Waals surface area contributed by atoms with E-state index in [-0.39, 0.29) is 0 Å². The first-order valence-electron chi connectivity index (χ1n) is 5.64. The molecule has 0 atom stereocenters. The van der Waals surface area contributed by atoms with E-state index in [9.17, 15) is 0 Å². The van der Waals surface area contributed by atoms with Gasteiger partial charge in [0.2, 0.25) is 0 Å². The minimum absolute atomic E-state index is 0.737. The number of aryl methyl sites for hydroxylation is 1. The van der Waals surface area contributed by atoms with Crippen LogP contribution in [-0.4, -0.2) is 13.7 Å². The molecule has 0 aromatic heterocycles. The molecule has 2 nitrogen and oxygen atoms in total. The van der Waals surface area contributed by atoms with Gasteiger partial charge in [0.15, 0.2) is 0 Å². The van der Waals surface area contributed by atoms with Crippen LogP contribution in [0.2, 0.25) is 5.02 Å². The predicted molar refractivity (Wildman–Crippen MR) is 69.5 cm³/mol. The van der Waals surface area contributed by atoms with E-state index in [2.05, 4.69) is 0 Å². The lowest BCUT2D eigenvalue weighted by Crippen LogP contribution is -2.02. The molecule has 1 aromatic rings. The number of halogens is 1. The number of rotatable bonds is 5.